The summed E-state index contributed by atoms with van der Waals surface area (Å²) in [5.41, 5.74) is 1.54. The third-order valence-corrected chi connectivity index (χ3v) is 2.61. The fraction of sp³-hybridized carbons (Fsp3) is 0.385. The third kappa shape index (κ3) is 2.46. The number of imidazole rings is 1. The summed E-state index contributed by atoms with van der Waals surface area (Å²) in [6, 6.07) is 5.75. The zero-order valence-corrected chi connectivity index (χ0v) is 10.1. The van der Waals surface area contributed by atoms with Crippen molar-refractivity contribution in [2.24, 2.45) is 5.92 Å². The zero-order valence-electron chi connectivity index (χ0n) is 10.1. The van der Waals surface area contributed by atoms with Crippen LogP contribution < -0.4 is 0 Å². The van der Waals surface area contributed by atoms with Crippen molar-refractivity contribution in [1.29, 1.82) is 0 Å². The van der Waals surface area contributed by atoms with Crippen molar-refractivity contribution in [1.82, 2.24) is 9.38 Å². The van der Waals surface area contributed by atoms with Crippen LogP contribution in [0, 0.1) is 5.92 Å². The van der Waals surface area contributed by atoms with Gasteiger partial charge in [-0.25, -0.2) is 4.98 Å². The van der Waals surface area contributed by atoms with Gasteiger partial charge < -0.3 is 9.51 Å². The summed E-state index contributed by atoms with van der Waals surface area (Å²) in [4.78, 5) is 15.2. The molecule has 0 radical (unpaired) electrons. The molecule has 0 spiro atoms. The van der Waals surface area contributed by atoms with Crippen molar-refractivity contribution in [3.8, 4) is 0 Å². The molecular weight excluding hydrogens is 216 g/mol. The van der Waals surface area contributed by atoms with E-state index in [9.17, 15) is 4.79 Å². The van der Waals surface area contributed by atoms with Crippen LogP contribution in [0.2, 0.25) is 0 Å². The molecule has 0 unspecified atom stereocenters. The Kier molecular flexibility index (Phi) is 3.13. The predicted molar refractivity (Wildman–Crippen MR) is 65.1 cm³/mol. The highest BCUT2D eigenvalue weighted by molar-refractivity contribution is 5.73. The van der Waals surface area contributed by atoms with E-state index < -0.39 is 5.97 Å². The van der Waals surface area contributed by atoms with Gasteiger partial charge in [0.2, 0.25) is 0 Å². The zero-order chi connectivity index (χ0) is 12.4. The molecule has 0 aliphatic heterocycles. The number of rotatable bonds is 4. The van der Waals surface area contributed by atoms with Crippen molar-refractivity contribution in [3.63, 3.8) is 0 Å². The number of carboxylic acid groups (broad SMARTS) is 1. The Morgan fingerprint density at radius 3 is 2.88 bits per heavy atom. The lowest BCUT2D eigenvalue weighted by atomic mass is 10.1. The molecular formula is C13H16N2O2. The summed E-state index contributed by atoms with van der Waals surface area (Å²) in [6.07, 6.45) is 2.77. The first-order valence-electron chi connectivity index (χ1n) is 5.74. The van der Waals surface area contributed by atoms with Crippen LogP contribution >= 0.6 is 0 Å². The van der Waals surface area contributed by atoms with E-state index in [0.717, 1.165) is 17.8 Å². The van der Waals surface area contributed by atoms with Crippen LogP contribution in [0.4, 0.5) is 0 Å². The molecule has 4 nitrogen and oxygen atoms in total. The Balaban J connectivity index is 2.50. The fourth-order valence-electron chi connectivity index (χ4n) is 1.95. The molecule has 4 heteroatoms. The van der Waals surface area contributed by atoms with Gasteiger partial charge in [-0.1, -0.05) is 19.9 Å². The molecule has 17 heavy (non-hydrogen) atoms. The molecule has 0 aliphatic rings. The standard InChI is InChI=1S/C13H16N2O2/c1-9(2)7-12-14-10(8-13(16)17)11-5-3-4-6-15(11)12/h3-6,9H,7-8H2,1-2H3,(H,16,17). The Morgan fingerprint density at radius 1 is 1.47 bits per heavy atom. The summed E-state index contributed by atoms with van der Waals surface area (Å²) in [5.74, 6) is 0.593. The van der Waals surface area contributed by atoms with Crippen molar-refractivity contribution in [3.05, 3.63) is 35.9 Å². The van der Waals surface area contributed by atoms with Gasteiger partial charge in [-0.05, 0) is 18.1 Å². The first-order valence-corrected chi connectivity index (χ1v) is 5.74. The van der Waals surface area contributed by atoms with E-state index in [-0.39, 0.29) is 6.42 Å². The van der Waals surface area contributed by atoms with E-state index in [2.05, 4.69) is 18.8 Å². The van der Waals surface area contributed by atoms with Gasteiger partial charge in [-0.15, -0.1) is 0 Å². The first-order chi connectivity index (χ1) is 8.08. The van der Waals surface area contributed by atoms with Gasteiger partial charge in [0, 0.05) is 12.6 Å². The maximum atomic E-state index is 10.8. The first kappa shape index (κ1) is 11.6. The lowest BCUT2D eigenvalue weighted by Crippen LogP contribution is -2.01. The summed E-state index contributed by atoms with van der Waals surface area (Å²) in [5, 5.41) is 8.87. The maximum absolute atomic E-state index is 10.8. The van der Waals surface area contributed by atoms with E-state index in [1.165, 1.54) is 0 Å². The van der Waals surface area contributed by atoms with Crippen LogP contribution in [0.1, 0.15) is 25.4 Å². The Morgan fingerprint density at radius 2 is 2.24 bits per heavy atom. The second kappa shape index (κ2) is 4.57. The van der Waals surface area contributed by atoms with Gasteiger partial charge in [0.25, 0.3) is 0 Å². The van der Waals surface area contributed by atoms with Crippen molar-refractivity contribution in [2.45, 2.75) is 26.7 Å². The van der Waals surface area contributed by atoms with Gasteiger partial charge in [0.05, 0.1) is 17.6 Å². The van der Waals surface area contributed by atoms with E-state index >= 15 is 0 Å². The van der Waals surface area contributed by atoms with E-state index in [0.29, 0.717) is 11.6 Å². The quantitative estimate of drug-likeness (QED) is 0.878. The average Bonchev–Trinajstić information content (AvgIpc) is 2.56. The van der Waals surface area contributed by atoms with E-state index in [1.807, 2.05) is 28.8 Å². The highest BCUT2D eigenvalue weighted by Crippen LogP contribution is 2.16. The molecule has 0 fully saturated rings. The lowest BCUT2D eigenvalue weighted by molar-refractivity contribution is -0.136. The van der Waals surface area contributed by atoms with Crippen molar-refractivity contribution >= 4 is 11.5 Å². The van der Waals surface area contributed by atoms with Gasteiger partial charge in [-0.3, -0.25) is 4.79 Å². The summed E-state index contributed by atoms with van der Waals surface area (Å²) in [6.45, 7) is 4.25. The number of pyridine rings is 1. The summed E-state index contributed by atoms with van der Waals surface area (Å²) >= 11 is 0. The SMILES string of the molecule is CC(C)Cc1nc(CC(=O)O)c2ccccn12. The maximum Gasteiger partial charge on any atom is 0.309 e. The van der Waals surface area contributed by atoms with Crippen LogP contribution in [0.25, 0.3) is 5.52 Å². The Labute approximate surface area is 99.9 Å². The molecule has 2 aromatic heterocycles. The predicted octanol–water partition coefficient (Wildman–Crippen LogP) is 2.16. The molecule has 0 saturated heterocycles. The molecule has 2 rings (SSSR count). The topological polar surface area (TPSA) is 54.6 Å². The molecule has 0 saturated carbocycles. The number of hydrogen-bond acceptors (Lipinski definition) is 2. The number of aliphatic carboxylic acids is 1. The molecule has 0 aliphatic carbocycles. The normalized spacial score (nSPS) is 11.2. The smallest absolute Gasteiger partial charge is 0.309 e. The second-order valence-corrected chi connectivity index (χ2v) is 4.60. The number of carbonyl (C=O) groups is 1. The molecule has 0 bridgehead atoms. The van der Waals surface area contributed by atoms with Gasteiger partial charge in [0.1, 0.15) is 5.82 Å². The molecule has 0 atom stereocenters. The van der Waals surface area contributed by atoms with E-state index in [4.69, 9.17) is 5.11 Å². The molecule has 2 heterocycles. The minimum Gasteiger partial charge on any atom is -0.481 e. The monoisotopic (exact) mass is 232 g/mol. The van der Waals surface area contributed by atoms with Crippen LogP contribution in [-0.4, -0.2) is 20.5 Å². The Bertz CT molecular complexity index is 543. The largest absolute Gasteiger partial charge is 0.481 e. The third-order valence-electron chi connectivity index (χ3n) is 2.61. The lowest BCUT2D eigenvalue weighted by Gasteiger charge is -2.03. The minimum absolute atomic E-state index is 0.0222. The van der Waals surface area contributed by atoms with Crippen molar-refractivity contribution < 1.29 is 9.90 Å². The van der Waals surface area contributed by atoms with Crippen molar-refractivity contribution in [2.75, 3.05) is 0 Å². The van der Waals surface area contributed by atoms with Crippen LogP contribution in [0.3, 0.4) is 0 Å². The minimum atomic E-state index is -0.843. The fourth-order valence-corrected chi connectivity index (χ4v) is 1.95. The molecule has 0 amide bonds. The van der Waals surface area contributed by atoms with Gasteiger partial charge >= 0.3 is 5.97 Å². The average molecular weight is 232 g/mol. The second-order valence-electron chi connectivity index (χ2n) is 4.60. The van der Waals surface area contributed by atoms with Crippen LogP contribution in [0.5, 0.6) is 0 Å². The summed E-state index contributed by atoms with van der Waals surface area (Å²) < 4.78 is 1.98. The number of nitrogens with zero attached hydrogens (tertiary/aromatic N) is 2. The highest BCUT2D eigenvalue weighted by atomic mass is 16.4. The van der Waals surface area contributed by atoms with Gasteiger partial charge in [0.15, 0.2) is 0 Å². The molecule has 1 N–H and O–H groups in total. The number of aromatic nitrogens is 2. The number of fused-ring (bicyclic) bond motifs is 1. The molecule has 2 aromatic rings. The highest BCUT2D eigenvalue weighted by Gasteiger charge is 2.13. The molecule has 90 valence electrons. The number of carboxylic acids is 1. The number of hydrogen-bond donors (Lipinski definition) is 1. The van der Waals surface area contributed by atoms with Gasteiger partial charge in [-0.2, -0.15) is 0 Å². The molecule has 0 aromatic carbocycles. The van der Waals surface area contributed by atoms with Crippen LogP contribution in [0.15, 0.2) is 24.4 Å². The van der Waals surface area contributed by atoms with E-state index in [1.54, 1.807) is 0 Å². The summed E-state index contributed by atoms with van der Waals surface area (Å²) in [7, 11) is 0. The van der Waals surface area contributed by atoms with Crippen LogP contribution in [-0.2, 0) is 17.6 Å². The Hall–Kier alpha value is -1.84.